The van der Waals surface area contributed by atoms with E-state index < -0.39 is 26.1 Å². The van der Waals surface area contributed by atoms with E-state index in [1.807, 2.05) is 6.92 Å². The Balaban J connectivity index is 2.61. The smallest absolute Gasteiger partial charge is 0.282 e. The standard InChI is InChI=1S/C14H11Cl4NO3S/c1-7-3-5-8(6-4-7)23(21,22)19-11-9(15)10(16)13(20)14(2,18)12(11)17/h3-6,12H,1-2H3. The molecule has 9 heteroatoms. The summed E-state index contributed by atoms with van der Waals surface area (Å²) in [6.45, 7) is 3.15. The second-order valence-corrected chi connectivity index (χ2v) is 8.74. The van der Waals surface area contributed by atoms with Gasteiger partial charge >= 0.3 is 0 Å². The number of sulfonamides is 1. The Hall–Kier alpha value is -0.590. The van der Waals surface area contributed by atoms with Gasteiger partial charge in [0.15, 0.2) is 5.78 Å². The third-order valence-corrected chi connectivity index (χ3v) is 6.60. The van der Waals surface area contributed by atoms with Gasteiger partial charge in [-0.05, 0) is 26.0 Å². The second-order valence-electron chi connectivity index (χ2n) is 5.16. The third kappa shape index (κ3) is 3.44. The van der Waals surface area contributed by atoms with Gasteiger partial charge in [-0.3, -0.25) is 4.79 Å². The van der Waals surface area contributed by atoms with Crippen LogP contribution in [0.25, 0.3) is 0 Å². The quantitative estimate of drug-likeness (QED) is 0.687. The number of carbonyl (C=O) groups is 1. The number of benzene rings is 1. The first kappa shape index (κ1) is 18.7. The molecule has 0 amide bonds. The maximum absolute atomic E-state index is 12.4. The zero-order valence-corrected chi connectivity index (χ0v) is 15.8. The molecule has 0 bridgehead atoms. The van der Waals surface area contributed by atoms with Gasteiger partial charge in [0, 0.05) is 0 Å². The van der Waals surface area contributed by atoms with Crippen LogP contribution < -0.4 is 0 Å². The summed E-state index contributed by atoms with van der Waals surface area (Å²) in [4.78, 5) is 10.3. The van der Waals surface area contributed by atoms with E-state index in [1.165, 1.54) is 19.1 Å². The monoisotopic (exact) mass is 413 g/mol. The molecular weight excluding hydrogens is 404 g/mol. The highest BCUT2D eigenvalue weighted by Gasteiger charge is 2.49. The van der Waals surface area contributed by atoms with Gasteiger partial charge in [0.05, 0.1) is 15.6 Å². The number of ketones is 1. The maximum Gasteiger partial charge on any atom is 0.282 e. The summed E-state index contributed by atoms with van der Waals surface area (Å²) in [5.74, 6) is -0.683. The fourth-order valence-electron chi connectivity index (χ4n) is 1.89. The summed E-state index contributed by atoms with van der Waals surface area (Å²) < 4.78 is 28.5. The minimum atomic E-state index is -4.08. The summed E-state index contributed by atoms with van der Waals surface area (Å²) in [5.41, 5.74) is 0.639. The number of halogens is 4. The van der Waals surface area contributed by atoms with Gasteiger partial charge < -0.3 is 0 Å². The van der Waals surface area contributed by atoms with Crippen molar-refractivity contribution in [2.45, 2.75) is 29.0 Å². The molecule has 23 heavy (non-hydrogen) atoms. The molecule has 1 aliphatic rings. The van der Waals surface area contributed by atoms with Gasteiger partial charge in [-0.15, -0.1) is 23.2 Å². The predicted molar refractivity (Wildman–Crippen MR) is 93.4 cm³/mol. The van der Waals surface area contributed by atoms with Crippen LogP contribution in [0.2, 0.25) is 0 Å². The number of carbonyl (C=O) groups excluding carboxylic acids is 1. The van der Waals surface area contributed by atoms with Crippen molar-refractivity contribution < 1.29 is 13.2 Å². The number of Topliss-reactive ketones (excluding diaryl/α,β-unsaturated/α-hetero) is 1. The molecule has 0 fully saturated rings. The predicted octanol–water partition coefficient (Wildman–Crippen LogP) is 4.00. The minimum absolute atomic E-state index is 0.0340. The molecule has 2 unspecified atom stereocenters. The Morgan fingerprint density at radius 3 is 2.17 bits per heavy atom. The maximum atomic E-state index is 12.4. The third-order valence-electron chi connectivity index (χ3n) is 3.31. The van der Waals surface area contributed by atoms with Crippen molar-refractivity contribution >= 4 is 67.9 Å². The fourth-order valence-corrected chi connectivity index (χ4v) is 4.13. The van der Waals surface area contributed by atoms with Crippen LogP contribution in [-0.4, -0.2) is 30.2 Å². The molecule has 0 radical (unpaired) electrons. The summed E-state index contributed by atoms with van der Waals surface area (Å²) in [5, 5.41) is -1.95. The number of nitrogens with zero attached hydrogens (tertiary/aromatic N) is 1. The molecule has 0 heterocycles. The fraction of sp³-hybridized carbons (Fsp3) is 0.286. The highest BCUT2D eigenvalue weighted by atomic mass is 35.5. The van der Waals surface area contributed by atoms with Crippen molar-refractivity contribution in [2.24, 2.45) is 4.40 Å². The van der Waals surface area contributed by atoms with Crippen molar-refractivity contribution in [3.8, 4) is 0 Å². The molecule has 2 atom stereocenters. The topological polar surface area (TPSA) is 63.6 Å². The van der Waals surface area contributed by atoms with Crippen molar-refractivity contribution in [3.05, 3.63) is 39.9 Å². The molecule has 1 aromatic rings. The molecule has 0 spiro atoms. The van der Waals surface area contributed by atoms with Crippen LogP contribution in [0, 0.1) is 6.92 Å². The largest absolute Gasteiger partial charge is 0.291 e. The molecule has 0 saturated heterocycles. The molecule has 1 aliphatic carbocycles. The second kappa shape index (κ2) is 6.37. The summed E-state index contributed by atoms with van der Waals surface area (Å²) >= 11 is 24.0. The van der Waals surface area contributed by atoms with E-state index in [1.54, 1.807) is 12.1 Å². The summed E-state index contributed by atoms with van der Waals surface area (Å²) in [6.07, 6.45) is 0. The van der Waals surface area contributed by atoms with E-state index in [0.29, 0.717) is 0 Å². The first-order valence-corrected chi connectivity index (χ1v) is 9.34. The van der Waals surface area contributed by atoms with Crippen LogP contribution >= 0.6 is 46.4 Å². The molecule has 124 valence electrons. The Morgan fingerprint density at radius 1 is 1.13 bits per heavy atom. The Morgan fingerprint density at radius 2 is 1.65 bits per heavy atom. The van der Waals surface area contributed by atoms with Gasteiger partial charge in [0.25, 0.3) is 10.0 Å². The van der Waals surface area contributed by atoms with Crippen molar-refractivity contribution in [1.29, 1.82) is 0 Å². The van der Waals surface area contributed by atoms with Crippen molar-refractivity contribution in [2.75, 3.05) is 0 Å². The molecule has 4 nitrogen and oxygen atoms in total. The number of hydrogen-bond acceptors (Lipinski definition) is 3. The Bertz CT molecular complexity index is 826. The van der Waals surface area contributed by atoms with Crippen LogP contribution in [0.5, 0.6) is 0 Å². The van der Waals surface area contributed by atoms with Crippen LogP contribution in [0.1, 0.15) is 12.5 Å². The lowest BCUT2D eigenvalue weighted by Gasteiger charge is -2.31. The number of aryl methyl sites for hydroxylation is 1. The molecule has 0 N–H and O–H groups in total. The first-order valence-electron chi connectivity index (χ1n) is 6.33. The van der Waals surface area contributed by atoms with E-state index in [4.69, 9.17) is 46.4 Å². The van der Waals surface area contributed by atoms with E-state index in [0.717, 1.165) is 5.56 Å². The van der Waals surface area contributed by atoms with Crippen LogP contribution in [-0.2, 0) is 14.8 Å². The molecule has 2 rings (SSSR count). The van der Waals surface area contributed by atoms with Gasteiger partial charge in [0.2, 0.25) is 0 Å². The van der Waals surface area contributed by atoms with Crippen LogP contribution in [0.15, 0.2) is 43.6 Å². The van der Waals surface area contributed by atoms with Gasteiger partial charge in [0.1, 0.15) is 15.3 Å². The lowest BCUT2D eigenvalue weighted by molar-refractivity contribution is -0.117. The van der Waals surface area contributed by atoms with E-state index in [-0.39, 0.29) is 20.7 Å². The Kier molecular flexibility index (Phi) is 5.19. The molecular formula is C14H11Cl4NO3S. The molecule has 0 saturated carbocycles. The first-order chi connectivity index (χ1) is 10.5. The highest BCUT2D eigenvalue weighted by Crippen LogP contribution is 2.40. The minimum Gasteiger partial charge on any atom is -0.291 e. The summed E-state index contributed by atoms with van der Waals surface area (Å²) in [7, 11) is -4.08. The van der Waals surface area contributed by atoms with E-state index in [9.17, 15) is 13.2 Å². The highest BCUT2D eigenvalue weighted by molar-refractivity contribution is 7.90. The van der Waals surface area contributed by atoms with E-state index in [2.05, 4.69) is 4.40 Å². The SMILES string of the molecule is Cc1ccc(S(=O)(=O)N=C2C(Cl)=C(Cl)C(=O)C(C)(Cl)C2Cl)cc1. The average molecular weight is 415 g/mol. The van der Waals surface area contributed by atoms with Crippen molar-refractivity contribution in [1.82, 2.24) is 0 Å². The van der Waals surface area contributed by atoms with Crippen molar-refractivity contribution in [3.63, 3.8) is 0 Å². The number of allylic oxidation sites excluding steroid dienone is 2. The Labute approximate surface area is 154 Å². The van der Waals surface area contributed by atoms with E-state index >= 15 is 0 Å². The lowest BCUT2D eigenvalue weighted by atomic mass is 9.91. The van der Waals surface area contributed by atoms with Crippen LogP contribution in [0.4, 0.5) is 0 Å². The molecule has 0 aliphatic heterocycles. The number of rotatable bonds is 2. The number of hydrogen-bond donors (Lipinski definition) is 0. The zero-order valence-electron chi connectivity index (χ0n) is 12.0. The van der Waals surface area contributed by atoms with Crippen LogP contribution in [0.3, 0.4) is 0 Å². The number of alkyl halides is 2. The molecule has 0 aromatic heterocycles. The normalized spacial score (nSPS) is 27.7. The van der Waals surface area contributed by atoms with Gasteiger partial charge in [-0.25, -0.2) is 0 Å². The summed E-state index contributed by atoms with van der Waals surface area (Å²) in [6, 6.07) is 6.08. The van der Waals surface area contributed by atoms with Gasteiger partial charge in [-0.2, -0.15) is 12.8 Å². The lowest BCUT2D eigenvalue weighted by Crippen LogP contribution is -2.47. The average Bonchev–Trinajstić information content (AvgIpc) is 2.49. The van der Waals surface area contributed by atoms with Gasteiger partial charge in [-0.1, -0.05) is 40.9 Å². The zero-order chi connectivity index (χ0) is 17.6. The molecule has 1 aromatic carbocycles.